The van der Waals surface area contributed by atoms with Crippen LogP contribution in [-0.2, 0) is 11.3 Å². The van der Waals surface area contributed by atoms with Crippen LogP contribution in [0.25, 0.3) is 0 Å². The lowest BCUT2D eigenvalue weighted by Gasteiger charge is -2.21. The van der Waals surface area contributed by atoms with Gasteiger partial charge in [-0.1, -0.05) is 6.07 Å². The molecule has 0 unspecified atom stereocenters. The van der Waals surface area contributed by atoms with Crippen molar-refractivity contribution >= 4 is 5.91 Å². The molecule has 0 aliphatic carbocycles. The average molecular weight is 277 g/mol. The van der Waals surface area contributed by atoms with Crippen molar-refractivity contribution in [2.45, 2.75) is 25.2 Å². The lowest BCUT2D eigenvalue weighted by molar-refractivity contribution is -0.122. The Morgan fingerprint density at radius 1 is 1.65 bits per heavy atom. The summed E-state index contributed by atoms with van der Waals surface area (Å²) < 4.78 is 18.6. The molecular formula is C14H16FN3O2. The SMILES string of the molecule is COc1cc(CN2C[C@H](F)C[C@H]2C(N)=O)ccc1C#N. The van der Waals surface area contributed by atoms with Crippen molar-refractivity contribution in [1.29, 1.82) is 5.26 Å². The molecule has 1 saturated heterocycles. The maximum atomic E-state index is 13.4. The maximum absolute atomic E-state index is 13.4. The highest BCUT2D eigenvalue weighted by atomic mass is 19.1. The van der Waals surface area contributed by atoms with E-state index in [9.17, 15) is 9.18 Å². The molecule has 1 aromatic carbocycles. The molecule has 20 heavy (non-hydrogen) atoms. The summed E-state index contributed by atoms with van der Waals surface area (Å²) in [6.45, 7) is 0.589. The van der Waals surface area contributed by atoms with Crippen LogP contribution in [0, 0.1) is 11.3 Å². The van der Waals surface area contributed by atoms with Gasteiger partial charge in [-0.05, 0) is 17.7 Å². The predicted molar refractivity (Wildman–Crippen MR) is 70.6 cm³/mol. The van der Waals surface area contributed by atoms with Crippen molar-refractivity contribution < 1.29 is 13.9 Å². The fraction of sp³-hybridized carbons (Fsp3) is 0.429. The van der Waals surface area contributed by atoms with Gasteiger partial charge in [-0.3, -0.25) is 9.69 Å². The molecule has 106 valence electrons. The summed E-state index contributed by atoms with van der Waals surface area (Å²) in [6, 6.07) is 6.59. The molecule has 0 aromatic heterocycles. The Balaban J connectivity index is 2.17. The summed E-state index contributed by atoms with van der Waals surface area (Å²) >= 11 is 0. The van der Waals surface area contributed by atoms with E-state index in [4.69, 9.17) is 15.7 Å². The Bertz CT molecular complexity index is 556. The summed E-state index contributed by atoms with van der Waals surface area (Å²) in [5, 5.41) is 8.92. The first-order valence-corrected chi connectivity index (χ1v) is 6.29. The molecule has 5 nitrogen and oxygen atoms in total. The highest BCUT2D eigenvalue weighted by Crippen LogP contribution is 2.25. The number of methoxy groups -OCH3 is 1. The molecule has 1 amide bonds. The second-order valence-corrected chi connectivity index (χ2v) is 4.83. The number of likely N-dealkylation sites (tertiary alicyclic amines) is 1. The molecule has 2 rings (SSSR count). The molecule has 0 bridgehead atoms. The molecule has 1 heterocycles. The van der Waals surface area contributed by atoms with Gasteiger partial charge in [-0.25, -0.2) is 4.39 Å². The van der Waals surface area contributed by atoms with Crippen molar-refractivity contribution in [3.63, 3.8) is 0 Å². The minimum atomic E-state index is -1.03. The van der Waals surface area contributed by atoms with Crippen LogP contribution in [0.15, 0.2) is 18.2 Å². The van der Waals surface area contributed by atoms with Crippen LogP contribution in [-0.4, -0.2) is 36.7 Å². The Labute approximate surface area is 116 Å². The minimum Gasteiger partial charge on any atom is -0.495 e. The molecule has 6 heteroatoms. The fourth-order valence-electron chi connectivity index (χ4n) is 2.48. The van der Waals surface area contributed by atoms with Gasteiger partial charge in [-0.15, -0.1) is 0 Å². The fourth-order valence-corrected chi connectivity index (χ4v) is 2.48. The third-order valence-corrected chi connectivity index (χ3v) is 3.45. The molecule has 0 saturated carbocycles. The first-order valence-electron chi connectivity index (χ1n) is 6.29. The minimum absolute atomic E-state index is 0.142. The standard InChI is InChI=1S/C14H16FN3O2/c1-20-13-4-9(2-3-10(13)6-16)7-18-8-11(15)5-12(18)14(17)19/h2-4,11-12H,5,7-8H2,1H3,(H2,17,19)/t11-,12+/m1/s1. The number of rotatable bonds is 4. The van der Waals surface area contributed by atoms with Crippen molar-refractivity contribution in [2.75, 3.05) is 13.7 Å². The number of halogens is 1. The molecule has 1 aliphatic rings. The van der Waals surface area contributed by atoms with E-state index in [-0.39, 0.29) is 13.0 Å². The maximum Gasteiger partial charge on any atom is 0.234 e. The number of carbonyl (C=O) groups excluding carboxylic acids is 1. The normalized spacial score (nSPS) is 22.4. The zero-order valence-electron chi connectivity index (χ0n) is 11.2. The van der Waals surface area contributed by atoms with E-state index in [1.165, 1.54) is 7.11 Å². The van der Waals surface area contributed by atoms with Gasteiger partial charge in [0.1, 0.15) is 18.0 Å². The van der Waals surface area contributed by atoms with Crippen LogP contribution in [0.5, 0.6) is 5.75 Å². The Kier molecular flexibility index (Phi) is 4.20. The summed E-state index contributed by atoms with van der Waals surface area (Å²) in [6.07, 6.45) is -0.893. The Morgan fingerprint density at radius 2 is 2.40 bits per heavy atom. The van der Waals surface area contributed by atoms with Crippen LogP contribution in [0.2, 0.25) is 0 Å². The number of hydrogen-bond acceptors (Lipinski definition) is 4. The topological polar surface area (TPSA) is 79.3 Å². The van der Waals surface area contributed by atoms with Crippen molar-refractivity contribution in [3.8, 4) is 11.8 Å². The molecule has 1 fully saturated rings. The first kappa shape index (κ1) is 14.3. The van der Waals surface area contributed by atoms with Crippen molar-refractivity contribution in [1.82, 2.24) is 4.90 Å². The monoisotopic (exact) mass is 277 g/mol. The number of benzene rings is 1. The second-order valence-electron chi connectivity index (χ2n) is 4.83. The van der Waals surface area contributed by atoms with E-state index in [1.807, 2.05) is 6.07 Å². The van der Waals surface area contributed by atoms with E-state index in [0.717, 1.165) is 5.56 Å². The Hall–Kier alpha value is -2.13. The smallest absolute Gasteiger partial charge is 0.234 e. The lowest BCUT2D eigenvalue weighted by Crippen LogP contribution is -2.39. The third-order valence-electron chi connectivity index (χ3n) is 3.45. The third kappa shape index (κ3) is 2.89. The predicted octanol–water partition coefficient (Wildman–Crippen LogP) is 0.965. The number of nitrogens with zero attached hydrogens (tertiary/aromatic N) is 2. The number of hydrogen-bond donors (Lipinski definition) is 1. The van der Waals surface area contributed by atoms with E-state index in [1.54, 1.807) is 23.1 Å². The van der Waals surface area contributed by atoms with Crippen LogP contribution in [0.3, 0.4) is 0 Å². The van der Waals surface area contributed by atoms with E-state index < -0.39 is 18.1 Å². The number of amides is 1. The lowest BCUT2D eigenvalue weighted by atomic mass is 10.1. The number of primary amides is 1. The summed E-state index contributed by atoms with van der Waals surface area (Å²) in [5.41, 5.74) is 6.58. The van der Waals surface area contributed by atoms with Gasteiger partial charge < -0.3 is 10.5 Å². The number of ether oxygens (including phenoxy) is 1. The van der Waals surface area contributed by atoms with Gasteiger partial charge in [0, 0.05) is 19.5 Å². The number of carbonyl (C=O) groups is 1. The van der Waals surface area contributed by atoms with E-state index in [0.29, 0.717) is 17.9 Å². The second kappa shape index (κ2) is 5.88. The number of alkyl halides is 1. The molecule has 1 aromatic rings. The molecular weight excluding hydrogens is 261 g/mol. The van der Waals surface area contributed by atoms with E-state index in [2.05, 4.69) is 0 Å². The van der Waals surface area contributed by atoms with Crippen molar-refractivity contribution in [3.05, 3.63) is 29.3 Å². The quantitative estimate of drug-likeness (QED) is 0.889. The van der Waals surface area contributed by atoms with E-state index >= 15 is 0 Å². The van der Waals surface area contributed by atoms with Gasteiger partial charge in [-0.2, -0.15) is 5.26 Å². The molecule has 2 atom stereocenters. The summed E-state index contributed by atoms with van der Waals surface area (Å²) in [5.74, 6) is -0.0395. The van der Waals surface area contributed by atoms with Gasteiger partial charge >= 0.3 is 0 Å². The highest BCUT2D eigenvalue weighted by molar-refractivity contribution is 5.80. The Morgan fingerprint density at radius 3 is 3.00 bits per heavy atom. The molecule has 2 N–H and O–H groups in total. The molecule has 1 aliphatic heterocycles. The average Bonchev–Trinajstić information content (AvgIpc) is 2.79. The summed E-state index contributed by atoms with van der Waals surface area (Å²) in [7, 11) is 1.49. The summed E-state index contributed by atoms with van der Waals surface area (Å²) in [4.78, 5) is 13.0. The van der Waals surface area contributed by atoms with Crippen LogP contribution < -0.4 is 10.5 Å². The highest BCUT2D eigenvalue weighted by Gasteiger charge is 2.35. The van der Waals surface area contributed by atoms with Crippen LogP contribution in [0.4, 0.5) is 4.39 Å². The van der Waals surface area contributed by atoms with Gasteiger partial charge in [0.25, 0.3) is 0 Å². The van der Waals surface area contributed by atoms with Gasteiger partial charge in [0.2, 0.25) is 5.91 Å². The molecule has 0 spiro atoms. The number of nitriles is 1. The van der Waals surface area contributed by atoms with Gasteiger partial charge in [0.05, 0.1) is 18.7 Å². The largest absolute Gasteiger partial charge is 0.495 e. The van der Waals surface area contributed by atoms with Crippen LogP contribution >= 0.6 is 0 Å². The zero-order valence-corrected chi connectivity index (χ0v) is 11.2. The number of nitrogens with two attached hydrogens (primary N) is 1. The first-order chi connectivity index (χ1) is 9.55. The zero-order chi connectivity index (χ0) is 14.7. The van der Waals surface area contributed by atoms with Crippen molar-refractivity contribution in [2.24, 2.45) is 5.73 Å². The molecule has 0 radical (unpaired) electrons. The van der Waals surface area contributed by atoms with Gasteiger partial charge in [0.15, 0.2) is 0 Å². The van der Waals surface area contributed by atoms with Crippen LogP contribution in [0.1, 0.15) is 17.5 Å².